The second-order valence-corrected chi connectivity index (χ2v) is 4.71. The molecular weight excluding hydrogens is 249 g/mol. The number of halogens is 2. The van der Waals surface area contributed by atoms with Crippen molar-refractivity contribution in [3.8, 4) is 0 Å². The summed E-state index contributed by atoms with van der Waals surface area (Å²) in [5, 5.41) is 9.65. The van der Waals surface area contributed by atoms with Crippen molar-refractivity contribution in [3.63, 3.8) is 0 Å². The molecule has 0 spiro atoms. The molecule has 0 radical (unpaired) electrons. The van der Waals surface area contributed by atoms with Crippen molar-refractivity contribution in [2.24, 2.45) is 5.73 Å². The summed E-state index contributed by atoms with van der Waals surface area (Å²) in [5.74, 6) is -0.400. The Balaban J connectivity index is 3.12. The van der Waals surface area contributed by atoms with Crippen LogP contribution in [-0.2, 0) is 0 Å². The van der Waals surface area contributed by atoms with E-state index in [-0.39, 0.29) is 0 Å². The van der Waals surface area contributed by atoms with Crippen LogP contribution in [0.2, 0.25) is 0 Å². The predicted octanol–water partition coefficient (Wildman–Crippen LogP) is 2.36. The van der Waals surface area contributed by atoms with E-state index in [1.165, 1.54) is 6.07 Å². The molecule has 1 aromatic rings. The summed E-state index contributed by atoms with van der Waals surface area (Å²) >= 11 is 3.23. The lowest BCUT2D eigenvalue weighted by molar-refractivity contribution is 0.0505. The molecular formula is C10H13BrFNO. The zero-order chi connectivity index (χ0) is 10.9. The average molecular weight is 262 g/mol. The van der Waals surface area contributed by atoms with Crippen LogP contribution in [0.5, 0.6) is 0 Å². The van der Waals surface area contributed by atoms with Crippen LogP contribution in [0, 0.1) is 5.82 Å². The molecule has 1 rings (SSSR count). The van der Waals surface area contributed by atoms with Crippen LogP contribution in [0.25, 0.3) is 0 Å². The van der Waals surface area contributed by atoms with E-state index in [9.17, 15) is 9.50 Å². The van der Waals surface area contributed by atoms with Crippen LogP contribution in [0.3, 0.4) is 0 Å². The first kappa shape index (κ1) is 11.6. The molecule has 0 aliphatic heterocycles. The summed E-state index contributed by atoms with van der Waals surface area (Å²) in [7, 11) is 0. The number of aliphatic hydroxyl groups is 1. The van der Waals surface area contributed by atoms with Gasteiger partial charge in [0.25, 0.3) is 0 Å². The quantitative estimate of drug-likeness (QED) is 0.859. The first-order valence-electron chi connectivity index (χ1n) is 4.25. The summed E-state index contributed by atoms with van der Waals surface area (Å²) in [4.78, 5) is 0. The minimum Gasteiger partial charge on any atom is -0.388 e. The average Bonchev–Trinajstić information content (AvgIpc) is 2.06. The Hall–Kier alpha value is -0.450. The standard InChI is InChI=1S/C10H13BrFNO/c1-10(2,14)9(13)7-5-6(11)3-4-8(7)12/h3-5,9,14H,13H2,1-2H3. The van der Waals surface area contributed by atoms with Crippen LogP contribution in [0.1, 0.15) is 25.5 Å². The maximum Gasteiger partial charge on any atom is 0.128 e. The van der Waals surface area contributed by atoms with E-state index in [2.05, 4.69) is 15.9 Å². The third kappa shape index (κ3) is 2.53. The Labute approximate surface area is 91.1 Å². The van der Waals surface area contributed by atoms with Gasteiger partial charge in [0.1, 0.15) is 5.82 Å². The summed E-state index contributed by atoms with van der Waals surface area (Å²) < 4.78 is 14.1. The highest BCUT2D eigenvalue weighted by Gasteiger charge is 2.26. The molecule has 14 heavy (non-hydrogen) atoms. The molecule has 0 fully saturated rings. The highest BCUT2D eigenvalue weighted by atomic mass is 79.9. The first-order valence-corrected chi connectivity index (χ1v) is 5.04. The Morgan fingerprint density at radius 2 is 2.07 bits per heavy atom. The Kier molecular flexibility index (Phi) is 3.29. The van der Waals surface area contributed by atoms with Crippen LogP contribution in [0.4, 0.5) is 4.39 Å². The molecule has 2 nitrogen and oxygen atoms in total. The van der Waals surface area contributed by atoms with Gasteiger partial charge in [0, 0.05) is 10.0 Å². The summed E-state index contributed by atoms with van der Waals surface area (Å²) in [6, 6.07) is 3.76. The largest absolute Gasteiger partial charge is 0.388 e. The van der Waals surface area contributed by atoms with E-state index in [4.69, 9.17) is 5.73 Å². The third-order valence-corrected chi connectivity index (χ3v) is 2.55. The van der Waals surface area contributed by atoms with E-state index >= 15 is 0 Å². The molecule has 0 saturated carbocycles. The van der Waals surface area contributed by atoms with Crippen molar-refractivity contribution in [2.75, 3.05) is 0 Å². The minimum atomic E-state index is -1.14. The van der Waals surface area contributed by atoms with Crippen molar-refractivity contribution in [2.45, 2.75) is 25.5 Å². The predicted molar refractivity (Wildman–Crippen MR) is 57.3 cm³/mol. The van der Waals surface area contributed by atoms with Crippen LogP contribution < -0.4 is 5.73 Å². The van der Waals surface area contributed by atoms with E-state index in [0.29, 0.717) is 5.56 Å². The lowest BCUT2D eigenvalue weighted by atomic mass is 9.92. The summed E-state index contributed by atoms with van der Waals surface area (Å²) in [6.45, 7) is 3.11. The lowest BCUT2D eigenvalue weighted by Gasteiger charge is -2.26. The van der Waals surface area contributed by atoms with Crippen molar-refractivity contribution < 1.29 is 9.50 Å². The maximum absolute atomic E-state index is 13.3. The zero-order valence-corrected chi connectivity index (χ0v) is 9.68. The van der Waals surface area contributed by atoms with E-state index in [1.54, 1.807) is 26.0 Å². The Bertz CT molecular complexity index is 335. The van der Waals surface area contributed by atoms with Gasteiger partial charge in [-0.3, -0.25) is 0 Å². The number of benzene rings is 1. The molecule has 4 heteroatoms. The molecule has 0 bridgehead atoms. The second-order valence-electron chi connectivity index (χ2n) is 3.80. The molecule has 0 aliphatic carbocycles. The van der Waals surface area contributed by atoms with Crippen molar-refractivity contribution >= 4 is 15.9 Å². The van der Waals surface area contributed by atoms with Crippen molar-refractivity contribution in [1.82, 2.24) is 0 Å². The maximum atomic E-state index is 13.3. The van der Waals surface area contributed by atoms with Crippen molar-refractivity contribution in [1.29, 1.82) is 0 Å². The van der Waals surface area contributed by atoms with E-state index in [0.717, 1.165) is 4.47 Å². The monoisotopic (exact) mass is 261 g/mol. The molecule has 1 unspecified atom stereocenters. The molecule has 3 N–H and O–H groups in total. The van der Waals surface area contributed by atoms with Gasteiger partial charge in [-0.1, -0.05) is 15.9 Å². The van der Waals surface area contributed by atoms with Gasteiger partial charge in [0.15, 0.2) is 0 Å². The lowest BCUT2D eigenvalue weighted by Crippen LogP contribution is -2.35. The van der Waals surface area contributed by atoms with Gasteiger partial charge in [-0.25, -0.2) is 4.39 Å². The minimum absolute atomic E-state index is 0.312. The van der Waals surface area contributed by atoms with Gasteiger partial charge < -0.3 is 10.8 Å². The van der Waals surface area contributed by atoms with Crippen LogP contribution in [0.15, 0.2) is 22.7 Å². The molecule has 0 aliphatic rings. The second kappa shape index (κ2) is 3.96. The number of rotatable bonds is 2. The smallest absolute Gasteiger partial charge is 0.128 e. The fourth-order valence-corrected chi connectivity index (χ4v) is 1.51. The molecule has 0 heterocycles. The molecule has 1 aromatic carbocycles. The topological polar surface area (TPSA) is 46.2 Å². The van der Waals surface area contributed by atoms with Gasteiger partial charge in [-0.15, -0.1) is 0 Å². The molecule has 0 aromatic heterocycles. The highest BCUT2D eigenvalue weighted by Crippen LogP contribution is 2.27. The van der Waals surface area contributed by atoms with E-state index < -0.39 is 17.5 Å². The van der Waals surface area contributed by atoms with Crippen LogP contribution >= 0.6 is 15.9 Å². The molecule has 1 atom stereocenters. The highest BCUT2D eigenvalue weighted by molar-refractivity contribution is 9.10. The summed E-state index contributed by atoms with van der Waals surface area (Å²) in [5.41, 5.74) is 4.91. The van der Waals surface area contributed by atoms with Gasteiger partial charge in [-0.2, -0.15) is 0 Å². The number of nitrogens with two attached hydrogens (primary N) is 1. The number of hydrogen-bond acceptors (Lipinski definition) is 2. The molecule has 0 saturated heterocycles. The van der Waals surface area contributed by atoms with E-state index in [1.807, 2.05) is 0 Å². The van der Waals surface area contributed by atoms with Gasteiger partial charge in [-0.05, 0) is 32.0 Å². The van der Waals surface area contributed by atoms with Crippen molar-refractivity contribution in [3.05, 3.63) is 34.1 Å². The fraction of sp³-hybridized carbons (Fsp3) is 0.400. The molecule has 0 amide bonds. The van der Waals surface area contributed by atoms with Gasteiger partial charge >= 0.3 is 0 Å². The zero-order valence-electron chi connectivity index (χ0n) is 8.09. The molecule has 78 valence electrons. The van der Waals surface area contributed by atoms with Gasteiger partial charge in [0.2, 0.25) is 0 Å². The number of hydrogen-bond donors (Lipinski definition) is 2. The fourth-order valence-electron chi connectivity index (χ4n) is 1.13. The van der Waals surface area contributed by atoms with Crippen LogP contribution in [-0.4, -0.2) is 10.7 Å². The SMILES string of the molecule is CC(C)(O)C(N)c1cc(Br)ccc1F. The first-order chi connectivity index (χ1) is 6.32. The van der Waals surface area contributed by atoms with Gasteiger partial charge in [0.05, 0.1) is 11.6 Å². The Morgan fingerprint density at radius 1 is 1.50 bits per heavy atom. The Morgan fingerprint density at radius 3 is 2.57 bits per heavy atom. The normalized spacial score (nSPS) is 14.1. The third-order valence-electron chi connectivity index (χ3n) is 2.05. The summed E-state index contributed by atoms with van der Waals surface area (Å²) in [6.07, 6.45) is 0.